The molecule has 4 aromatic rings. The van der Waals surface area contributed by atoms with Crippen molar-refractivity contribution in [2.45, 2.75) is 108 Å². The van der Waals surface area contributed by atoms with Crippen molar-refractivity contribution in [2.24, 2.45) is 11.8 Å². The number of thiazole rings is 1. The fourth-order valence-electron chi connectivity index (χ4n) is 9.82. The highest BCUT2D eigenvalue weighted by atomic mass is 35.5. The van der Waals surface area contributed by atoms with Crippen LogP contribution in [-0.4, -0.2) is 135 Å². The van der Waals surface area contributed by atoms with Gasteiger partial charge < -0.3 is 35.8 Å². The molecule has 4 fully saturated rings. The van der Waals surface area contributed by atoms with E-state index in [-0.39, 0.29) is 36.6 Å². The summed E-state index contributed by atoms with van der Waals surface area (Å²) in [6.07, 6.45) is 7.25. The first kappa shape index (κ1) is 51.3. The topological polar surface area (TPSA) is 174 Å². The number of hydrogen-bond donors (Lipinski definition) is 4. The van der Waals surface area contributed by atoms with Crippen LogP contribution in [-0.2, 0) is 14.4 Å². The van der Waals surface area contributed by atoms with Crippen LogP contribution in [0.3, 0.4) is 0 Å². The molecule has 2 aromatic carbocycles. The molecular formula is C51H66ClFN10O5S2. The van der Waals surface area contributed by atoms with E-state index in [0.717, 1.165) is 72.8 Å². The Morgan fingerprint density at radius 1 is 0.971 bits per heavy atom. The van der Waals surface area contributed by atoms with Gasteiger partial charge in [0.25, 0.3) is 11.8 Å². The predicted octanol–water partition coefficient (Wildman–Crippen LogP) is 8.29. The molecule has 15 nitrogen and oxygen atoms in total. The molecule has 4 aliphatic rings. The number of aryl methyl sites for hydroxylation is 1. The predicted molar refractivity (Wildman–Crippen MR) is 276 cm³/mol. The van der Waals surface area contributed by atoms with Gasteiger partial charge in [-0.05, 0) is 126 Å². The molecule has 0 radical (unpaired) electrons. The summed E-state index contributed by atoms with van der Waals surface area (Å²) in [4.78, 5) is 75.5. The van der Waals surface area contributed by atoms with Gasteiger partial charge in [-0.2, -0.15) is 16.7 Å². The van der Waals surface area contributed by atoms with E-state index < -0.39 is 28.4 Å². The maximum Gasteiger partial charge on any atom is 0.258 e. The van der Waals surface area contributed by atoms with Gasteiger partial charge in [0.05, 0.1) is 41.1 Å². The molecule has 8 rings (SSSR count). The first-order chi connectivity index (χ1) is 33.5. The Bertz CT molecular complexity index is 2510. The number of hydrogen-bond acceptors (Lipinski definition) is 13. The number of nitrogens with zero attached hydrogens (tertiary/aromatic N) is 6. The number of amides is 4. The Hall–Kier alpha value is -5.04. The van der Waals surface area contributed by atoms with E-state index >= 15 is 4.39 Å². The Morgan fingerprint density at radius 3 is 2.34 bits per heavy atom. The van der Waals surface area contributed by atoms with Crippen LogP contribution in [0.15, 0.2) is 54.2 Å². The molecule has 2 saturated carbocycles. The van der Waals surface area contributed by atoms with Crippen molar-refractivity contribution in [3.8, 4) is 16.2 Å². The SMILES string of the molecule is CNc1nc(Nc2ccc(C(=O)N3CCN(CC4CCC(CSC(C)(C)[C@H](NC(=O)C5(F)CC5)C(=O)N5CCCC5C(=O)N[C@@H](C)c5ccc(-c6scnc6C)cc5)CC4)CC3)cc2OC)ncc1Cl. The Kier molecular flexibility index (Phi) is 16.2. The molecule has 2 aliphatic carbocycles. The highest BCUT2D eigenvalue weighted by molar-refractivity contribution is 8.00. The maximum atomic E-state index is 15.2. The number of piperazine rings is 1. The van der Waals surface area contributed by atoms with Crippen LogP contribution in [0.5, 0.6) is 5.75 Å². The molecule has 2 aliphatic heterocycles. The number of ether oxygens (including phenoxy) is 1. The second-order valence-corrected chi connectivity index (χ2v) is 22.7. The maximum absolute atomic E-state index is 15.2. The van der Waals surface area contributed by atoms with Crippen LogP contribution >= 0.6 is 34.7 Å². The average Bonchev–Trinajstić information content (AvgIpc) is 3.69. The van der Waals surface area contributed by atoms with Crippen LogP contribution in [0.1, 0.15) is 99.8 Å². The molecule has 0 bridgehead atoms. The van der Waals surface area contributed by atoms with Gasteiger partial charge in [-0.1, -0.05) is 35.9 Å². The molecule has 2 aromatic heterocycles. The molecule has 4 heterocycles. The lowest BCUT2D eigenvalue weighted by atomic mass is 9.82. The number of nitrogens with one attached hydrogen (secondary N) is 4. The number of methoxy groups -OCH3 is 1. The van der Waals surface area contributed by atoms with Crippen LogP contribution in [0, 0.1) is 18.8 Å². The number of alkyl halides is 1. The molecule has 3 atom stereocenters. The molecule has 4 N–H and O–H groups in total. The summed E-state index contributed by atoms with van der Waals surface area (Å²) in [7, 11) is 3.29. The van der Waals surface area contributed by atoms with E-state index in [1.54, 1.807) is 60.4 Å². The summed E-state index contributed by atoms with van der Waals surface area (Å²) in [5.74, 6) is 1.77. The van der Waals surface area contributed by atoms with Crippen molar-refractivity contribution in [3.05, 3.63) is 76.0 Å². The van der Waals surface area contributed by atoms with Gasteiger partial charge in [-0.3, -0.25) is 24.1 Å². The van der Waals surface area contributed by atoms with Crippen molar-refractivity contribution < 1.29 is 28.3 Å². The number of carbonyl (C=O) groups excluding carboxylic acids is 4. The van der Waals surface area contributed by atoms with Gasteiger partial charge in [0, 0.05) is 56.6 Å². The summed E-state index contributed by atoms with van der Waals surface area (Å²) in [5, 5.41) is 12.5. The first-order valence-corrected chi connectivity index (χ1v) is 26.7. The Balaban J connectivity index is 0.806. The lowest BCUT2D eigenvalue weighted by molar-refractivity contribution is -0.143. The van der Waals surface area contributed by atoms with E-state index in [4.69, 9.17) is 16.3 Å². The summed E-state index contributed by atoms with van der Waals surface area (Å²) in [6, 6.07) is 11.4. The van der Waals surface area contributed by atoms with E-state index in [1.807, 2.05) is 62.4 Å². The number of anilines is 3. The molecule has 4 amide bonds. The van der Waals surface area contributed by atoms with E-state index in [9.17, 15) is 19.2 Å². The summed E-state index contributed by atoms with van der Waals surface area (Å²) in [6.45, 7) is 12.1. The van der Waals surface area contributed by atoms with Crippen molar-refractivity contribution in [1.82, 2.24) is 40.3 Å². The zero-order chi connectivity index (χ0) is 49.7. The number of carbonyl (C=O) groups is 4. The molecule has 1 unspecified atom stereocenters. The fraction of sp³-hybridized carbons (Fsp3) is 0.549. The minimum absolute atomic E-state index is 0.0394. The van der Waals surface area contributed by atoms with Crippen molar-refractivity contribution in [2.75, 3.05) is 69.8 Å². The molecule has 376 valence electrons. The van der Waals surface area contributed by atoms with Gasteiger partial charge in [-0.25, -0.2) is 14.4 Å². The average molecular weight is 1020 g/mol. The number of aromatic nitrogens is 3. The smallest absolute Gasteiger partial charge is 0.258 e. The highest BCUT2D eigenvalue weighted by Gasteiger charge is 2.54. The summed E-state index contributed by atoms with van der Waals surface area (Å²) in [5.41, 5.74) is 4.05. The molecular weight excluding hydrogens is 951 g/mol. The van der Waals surface area contributed by atoms with E-state index in [0.29, 0.717) is 78.1 Å². The second-order valence-electron chi connectivity index (χ2n) is 19.8. The third kappa shape index (κ3) is 12.0. The first-order valence-electron chi connectivity index (χ1n) is 24.5. The molecule has 70 heavy (non-hydrogen) atoms. The lowest BCUT2D eigenvalue weighted by Gasteiger charge is -2.40. The Morgan fingerprint density at radius 2 is 1.69 bits per heavy atom. The van der Waals surface area contributed by atoms with Gasteiger partial charge >= 0.3 is 0 Å². The van der Waals surface area contributed by atoms with Crippen molar-refractivity contribution in [1.29, 1.82) is 0 Å². The second kappa shape index (κ2) is 22.2. The highest BCUT2D eigenvalue weighted by Crippen LogP contribution is 2.42. The zero-order valence-electron chi connectivity index (χ0n) is 41.0. The van der Waals surface area contributed by atoms with Crippen molar-refractivity contribution >= 4 is 75.8 Å². The lowest BCUT2D eigenvalue weighted by Crippen LogP contribution is -2.61. The number of likely N-dealkylation sites (tertiary alicyclic amines) is 1. The van der Waals surface area contributed by atoms with Gasteiger partial charge in [0.2, 0.25) is 17.8 Å². The number of rotatable bonds is 18. The third-order valence-electron chi connectivity index (χ3n) is 14.4. The number of thioether (sulfide) groups is 1. The van der Waals surface area contributed by atoms with Crippen LogP contribution in [0.4, 0.5) is 21.8 Å². The fourth-order valence-corrected chi connectivity index (χ4v) is 12.1. The third-order valence-corrected chi connectivity index (χ3v) is 17.3. The standard InChI is InChI=1S/C51H66ClFN10O5S2/c1-31(35-13-15-36(16-14-35)42-32(2)56-30-69-42)57-45(64)40-8-7-21-63(40)47(66)43(59-48(67)51(53)19-20-51)50(3,4)70-29-34-11-9-33(10-12-34)28-61-22-24-62(25-23-61)46(65)37-17-18-39(41(26-37)68-6)58-49-55-27-38(52)44(54-5)60-49/h13-18,26-27,30-31,33-34,40,43H,7-12,19-25,28-29H2,1-6H3,(H,57,64)(H,59,67)(H2,54,55,58,60)/t31-,33?,34?,40?,43+/m0/s1. The summed E-state index contributed by atoms with van der Waals surface area (Å²) < 4.78 is 20.1. The minimum Gasteiger partial charge on any atom is -0.495 e. The summed E-state index contributed by atoms with van der Waals surface area (Å²) >= 11 is 9.39. The van der Waals surface area contributed by atoms with Crippen LogP contribution in [0.25, 0.3) is 10.4 Å². The van der Waals surface area contributed by atoms with E-state index in [1.165, 1.54) is 6.20 Å². The Labute approximate surface area is 423 Å². The van der Waals surface area contributed by atoms with Gasteiger partial charge in [-0.15, -0.1) is 11.3 Å². The van der Waals surface area contributed by atoms with Gasteiger partial charge in [0.1, 0.15) is 28.7 Å². The molecule has 19 heteroatoms. The zero-order valence-corrected chi connectivity index (χ0v) is 43.4. The van der Waals surface area contributed by atoms with E-state index in [2.05, 4.69) is 41.1 Å². The molecule has 0 spiro atoms. The van der Waals surface area contributed by atoms with Gasteiger partial charge in [0.15, 0.2) is 5.67 Å². The van der Waals surface area contributed by atoms with Crippen LogP contribution < -0.4 is 26.0 Å². The number of benzene rings is 2. The van der Waals surface area contributed by atoms with Crippen molar-refractivity contribution in [3.63, 3.8) is 0 Å². The largest absolute Gasteiger partial charge is 0.495 e. The molecule has 2 saturated heterocycles. The number of halogens is 2. The minimum atomic E-state index is -1.95. The van der Waals surface area contributed by atoms with Crippen LogP contribution in [0.2, 0.25) is 5.02 Å². The monoisotopic (exact) mass is 1020 g/mol. The quantitative estimate of drug-likeness (QED) is 0.0753. The normalized spacial score (nSPS) is 21.1.